The molecule has 110 valence electrons. The van der Waals surface area contributed by atoms with Crippen LogP contribution in [0.4, 0.5) is 5.82 Å². The molecule has 2 rings (SSSR count). The highest BCUT2D eigenvalue weighted by Gasteiger charge is 2.24. The number of carbonyl (C=O) groups is 1. The standard InChI is InChI=1S/C11H15BrN4O4/c1-7-10(12)11(16(18)19)14-15(7)6-9(17)13-5-8-3-2-4-20-8/h8H,2-6H2,1H3,(H,13,17)/t8-/m1/s1. The lowest BCUT2D eigenvalue weighted by Gasteiger charge is -2.10. The topological polar surface area (TPSA) is 99.3 Å². The van der Waals surface area contributed by atoms with Crippen LogP contribution in [0.2, 0.25) is 0 Å². The van der Waals surface area contributed by atoms with Crippen LogP contribution in [0.3, 0.4) is 0 Å². The zero-order valence-corrected chi connectivity index (χ0v) is 12.6. The lowest BCUT2D eigenvalue weighted by atomic mass is 10.2. The Bertz CT molecular complexity index is 525. The molecule has 20 heavy (non-hydrogen) atoms. The summed E-state index contributed by atoms with van der Waals surface area (Å²) in [5.74, 6) is -0.525. The van der Waals surface area contributed by atoms with E-state index in [0.717, 1.165) is 19.4 Å². The number of ether oxygens (including phenoxy) is 1. The van der Waals surface area contributed by atoms with Crippen LogP contribution < -0.4 is 5.32 Å². The number of nitrogens with zero attached hydrogens (tertiary/aromatic N) is 3. The molecule has 9 heteroatoms. The Morgan fingerprint density at radius 1 is 1.70 bits per heavy atom. The van der Waals surface area contributed by atoms with Crippen molar-refractivity contribution in [2.24, 2.45) is 0 Å². The van der Waals surface area contributed by atoms with Gasteiger partial charge in [0.05, 0.1) is 16.9 Å². The molecule has 1 atom stereocenters. The molecule has 2 heterocycles. The third-order valence-electron chi connectivity index (χ3n) is 3.13. The first kappa shape index (κ1) is 14.9. The second-order valence-electron chi connectivity index (χ2n) is 4.58. The van der Waals surface area contributed by atoms with E-state index in [9.17, 15) is 14.9 Å². The van der Waals surface area contributed by atoms with Crippen molar-refractivity contribution in [2.75, 3.05) is 13.2 Å². The highest BCUT2D eigenvalue weighted by Crippen LogP contribution is 2.26. The normalized spacial score (nSPS) is 18.2. The SMILES string of the molecule is Cc1c(Br)c([N+](=O)[O-])nn1CC(=O)NC[C@H]1CCCO1. The number of hydrogen-bond acceptors (Lipinski definition) is 5. The van der Waals surface area contributed by atoms with Crippen LogP contribution in [-0.4, -0.2) is 39.9 Å². The van der Waals surface area contributed by atoms with Crippen molar-refractivity contribution in [1.29, 1.82) is 0 Å². The van der Waals surface area contributed by atoms with E-state index in [1.165, 1.54) is 4.68 Å². The minimum absolute atomic E-state index is 0.0506. The lowest BCUT2D eigenvalue weighted by Crippen LogP contribution is -2.34. The van der Waals surface area contributed by atoms with E-state index in [1.54, 1.807) is 6.92 Å². The van der Waals surface area contributed by atoms with E-state index < -0.39 is 4.92 Å². The van der Waals surface area contributed by atoms with E-state index in [-0.39, 0.29) is 24.4 Å². The Hall–Kier alpha value is -1.48. The number of aromatic nitrogens is 2. The molecule has 1 fully saturated rings. The monoisotopic (exact) mass is 346 g/mol. The Balaban J connectivity index is 1.93. The van der Waals surface area contributed by atoms with Gasteiger partial charge in [0.1, 0.15) is 11.0 Å². The second kappa shape index (κ2) is 6.31. The first-order valence-electron chi connectivity index (χ1n) is 6.24. The summed E-state index contributed by atoms with van der Waals surface area (Å²) in [6.07, 6.45) is 2.02. The maximum absolute atomic E-state index is 11.8. The number of nitro groups is 1. The summed E-state index contributed by atoms with van der Waals surface area (Å²) in [5.41, 5.74) is 0.545. The first-order valence-corrected chi connectivity index (χ1v) is 7.04. The van der Waals surface area contributed by atoms with Gasteiger partial charge in [0.25, 0.3) is 0 Å². The number of halogens is 1. The van der Waals surface area contributed by atoms with Crippen molar-refractivity contribution in [3.05, 3.63) is 20.3 Å². The Kier molecular flexibility index (Phi) is 4.71. The zero-order chi connectivity index (χ0) is 14.7. The van der Waals surface area contributed by atoms with E-state index in [4.69, 9.17) is 4.74 Å². The molecule has 8 nitrogen and oxygen atoms in total. The molecule has 1 aliphatic heterocycles. The zero-order valence-electron chi connectivity index (χ0n) is 11.0. The van der Waals surface area contributed by atoms with Crippen LogP contribution in [0, 0.1) is 17.0 Å². The van der Waals surface area contributed by atoms with Crippen molar-refractivity contribution in [2.45, 2.75) is 32.4 Å². The number of nitrogens with one attached hydrogen (secondary N) is 1. The van der Waals surface area contributed by atoms with Crippen LogP contribution in [0.1, 0.15) is 18.5 Å². The summed E-state index contributed by atoms with van der Waals surface area (Å²) in [6, 6.07) is 0. The van der Waals surface area contributed by atoms with Crippen LogP contribution in [-0.2, 0) is 16.1 Å². The van der Waals surface area contributed by atoms with Gasteiger partial charge < -0.3 is 20.2 Å². The molecule has 0 spiro atoms. The molecule has 1 N–H and O–H groups in total. The van der Waals surface area contributed by atoms with Crippen LogP contribution in [0.15, 0.2) is 4.47 Å². The fourth-order valence-electron chi connectivity index (χ4n) is 2.00. The number of hydrogen-bond donors (Lipinski definition) is 1. The summed E-state index contributed by atoms with van der Waals surface area (Å²) in [5, 5.41) is 17.3. The fourth-order valence-corrected chi connectivity index (χ4v) is 2.43. The van der Waals surface area contributed by atoms with Gasteiger partial charge in [0.2, 0.25) is 5.91 Å². The maximum atomic E-state index is 11.8. The Morgan fingerprint density at radius 2 is 2.45 bits per heavy atom. The van der Waals surface area contributed by atoms with Crippen LogP contribution >= 0.6 is 15.9 Å². The van der Waals surface area contributed by atoms with Gasteiger partial charge in [-0.2, -0.15) is 4.68 Å². The van der Waals surface area contributed by atoms with Gasteiger partial charge in [0.15, 0.2) is 0 Å². The van der Waals surface area contributed by atoms with Crippen molar-refractivity contribution in [1.82, 2.24) is 15.1 Å². The van der Waals surface area contributed by atoms with Crippen LogP contribution in [0.25, 0.3) is 0 Å². The Morgan fingerprint density at radius 3 is 3.00 bits per heavy atom. The van der Waals surface area contributed by atoms with Crippen molar-refractivity contribution in [3.8, 4) is 0 Å². The minimum atomic E-state index is -0.585. The molecule has 1 saturated heterocycles. The molecule has 0 aromatic carbocycles. The van der Waals surface area contributed by atoms with Crippen molar-refractivity contribution < 1.29 is 14.5 Å². The number of amides is 1. The van der Waals surface area contributed by atoms with Gasteiger partial charge in [-0.25, -0.2) is 0 Å². The third-order valence-corrected chi connectivity index (χ3v) is 4.06. The summed E-state index contributed by atoms with van der Waals surface area (Å²) >= 11 is 3.11. The summed E-state index contributed by atoms with van der Waals surface area (Å²) in [6.45, 7) is 2.81. The molecule has 1 aromatic heterocycles. The average molecular weight is 347 g/mol. The Labute approximate surface area is 123 Å². The highest BCUT2D eigenvalue weighted by molar-refractivity contribution is 9.10. The summed E-state index contributed by atoms with van der Waals surface area (Å²) in [7, 11) is 0. The molecular weight excluding hydrogens is 332 g/mol. The molecule has 1 amide bonds. The molecule has 0 radical (unpaired) electrons. The number of carbonyl (C=O) groups excluding carboxylic acids is 1. The van der Waals surface area contributed by atoms with Gasteiger partial charge >= 0.3 is 5.82 Å². The van der Waals surface area contributed by atoms with Gasteiger partial charge in [-0.3, -0.25) is 4.79 Å². The molecule has 0 bridgehead atoms. The minimum Gasteiger partial charge on any atom is -0.376 e. The maximum Gasteiger partial charge on any atom is 0.404 e. The smallest absolute Gasteiger partial charge is 0.376 e. The van der Waals surface area contributed by atoms with E-state index in [0.29, 0.717) is 16.7 Å². The van der Waals surface area contributed by atoms with E-state index >= 15 is 0 Å². The largest absolute Gasteiger partial charge is 0.404 e. The van der Waals surface area contributed by atoms with Crippen molar-refractivity contribution >= 4 is 27.7 Å². The lowest BCUT2D eigenvalue weighted by molar-refractivity contribution is -0.390. The predicted octanol–water partition coefficient (Wildman–Crippen LogP) is 1.16. The van der Waals surface area contributed by atoms with Gasteiger partial charge in [-0.05, 0) is 40.6 Å². The van der Waals surface area contributed by atoms with Crippen molar-refractivity contribution in [3.63, 3.8) is 0 Å². The first-order chi connectivity index (χ1) is 9.49. The van der Waals surface area contributed by atoms with Gasteiger partial charge in [-0.1, -0.05) is 0 Å². The van der Waals surface area contributed by atoms with Crippen LogP contribution in [0.5, 0.6) is 0 Å². The third kappa shape index (κ3) is 3.34. The summed E-state index contributed by atoms with van der Waals surface area (Å²) in [4.78, 5) is 22.0. The summed E-state index contributed by atoms with van der Waals surface area (Å²) < 4.78 is 7.01. The van der Waals surface area contributed by atoms with Gasteiger partial charge in [0, 0.05) is 13.2 Å². The predicted molar refractivity (Wildman–Crippen MR) is 73.3 cm³/mol. The molecular formula is C11H15BrN4O4. The second-order valence-corrected chi connectivity index (χ2v) is 5.37. The van der Waals surface area contributed by atoms with E-state index in [1.807, 2.05) is 0 Å². The molecule has 0 unspecified atom stereocenters. The molecule has 1 aromatic rings. The molecule has 0 aliphatic carbocycles. The fraction of sp³-hybridized carbons (Fsp3) is 0.636. The molecule has 1 aliphatic rings. The average Bonchev–Trinajstić information content (AvgIpc) is 3.00. The molecule has 0 saturated carbocycles. The van der Waals surface area contributed by atoms with Gasteiger partial charge in [-0.15, -0.1) is 0 Å². The highest BCUT2D eigenvalue weighted by atomic mass is 79.9. The van der Waals surface area contributed by atoms with E-state index in [2.05, 4.69) is 26.3 Å². The quantitative estimate of drug-likeness (QED) is 0.636. The number of rotatable bonds is 5.